The monoisotopic (exact) mass is 572 g/mol. The molecular formula is C27H59NO7PS+. The smallest absolute Gasteiger partial charge is 0.728 e. The van der Waals surface area contributed by atoms with E-state index in [1.54, 1.807) is 0 Å². The molecule has 0 aliphatic carbocycles. The maximum atomic E-state index is 12.2. The Bertz CT molecular complexity index is 627. The van der Waals surface area contributed by atoms with Crippen LogP contribution >= 0.6 is 8.25 Å². The summed E-state index contributed by atoms with van der Waals surface area (Å²) in [6.07, 6.45) is 20.5. The van der Waals surface area contributed by atoms with Gasteiger partial charge < -0.3 is 9.96 Å². The molecule has 2 atom stereocenters. The molecule has 0 heterocycles. The van der Waals surface area contributed by atoms with Crippen LogP contribution in [0.5, 0.6) is 0 Å². The van der Waals surface area contributed by atoms with Gasteiger partial charge in [-0.2, -0.15) is 4.89 Å². The quantitative estimate of drug-likeness (QED) is 0.0328. The second kappa shape index (κ2) is 24.9. The van der Waals surface area contributed by atoms with Crippen LogP contribution < -0.4 is 0 Å². The lowest BCUT2D eigenvalue weighted by Gasteiger charge is -2.25. The molecule has 37 heavy (non-hydrogen) atoms. The number of hydrogen-bond acceptors (Lipinski definition) is 7. The Balaban J connectivity index is 0. The number of hydrogen-bond donors (Lipinski definition) is 0. The predicted octanol–water partition coefficient (Wildman–Crippen LogP) is 7.59. The van der Waals surface area contributed by atoms with Crippen molar-refractivity contribution in [2.45, 2.75) is 129 Å². The Hall–Kier alpha value is -0.150. The summed E-state index contributed by atoms with van der Waals surface area (Å²) in [6.45, 7) is 4.86. The van der Waals surface area contributed by atoms with E-state index in [-0.39, 0.29) is 29.7 Å². The van der Waals surface area contributed by atoms with Gasteiger partial charge in [0, 0.05) is 4.57 Å². The van der Waals surface area contributed by atoms with E-state index in [2.05, 4.69) is 6.92 Å². The molecule has 0 aromatic rings. The van der Waals surface area contributed by atoms with Crippen molar-refractivity contribution in [1.29, 1.82) is 0 Å². The topological polar surface area (TPSA) is 109 Å². The number of nitrogens with zero attached hydrogens (tertiary/aromatic N) is 1. The van der Waals surface area contributed by atoms with Crippen molar-refractivity contribution in [3.05, 3.63) is 0 Å². The van der Waals surface area contributed by atoms with Crippen LogP contribution in [0.3, 0.4) is 0 Å². The van der Waals surface area contributed by atoms with Gasteiger partial charge in [0.2, 0.25) is 0 Å². The number of unbranched alkanes of at least 4 members (excludes halogenated alkanes) is 15. The highest BCUT2D eigenvalue weighted by Gasteiger charge is 2.26. The lowest BCUT2D eigenvalue weighted by Crippen LogP contribution is -2.41. The second-order valence-corrected chi connectivity index (χ2v) is 14.5. The highest BCUT2D eigenvalue weighted by molar-refractivity contribution is 7.91. The zero-order valence-electron chi connectivity index (χ0n) is 24.6. The molecule has 10 heteroatoms. The summed E-state index contributed by atoms with van der Waals surface area (Å²) in [7, 11) is 0.574. The minimum absolute atomic E-state index is 0. The first-order valence-corrected chi connectivity index (χ1v) is 17.4. The predicted molar refractivity (Wildman–Crippen MR) is 153 cm³/mol. The number of quaternary nitrogens is 1. The molecule has 8 nitrogen and oxygen atoms in total. The molecular weight excluding hydrogens is 513 g/mol. The van der Waals surface area contributed by atoms with Crippen LogP contribution in [0.25, 0.3) is 0 Å². The summed E-state index contributed by atoms with van der Waals surface area (Å²) >= 11 is 0. The fourth-order valence-corrected chi connectivity index (χ4v) is 6.27. The van der Waals surface area contributed by atoms with Gasteiger partial charge in [0.15, 0.2) is 0 Å². The fourth-order valence-electron chi connectivity index (χ4n) is 4.32. The van der Waals surface area contributed by atoms with Crippen molar-refractivity contribution >= 4 is 18.1 Å². The van der Waals surface area contributed by atoms with E-state index in [1.807, 2.05) is 28.1 Å². The van der Waals surface area contributed by atoms with Gasteiger partial charge in [0.25, 0.3) is 0 Å². The van der Waals surface area contributed by atoms with Gasteiger partial charge in [-0.05, 0) is 19.8 Å². The zero-order valence-corrected chi connectivity index (χ0v) is 26.3. The van der Waals surface area contributed by atoms with Crippen LogP contribution in [0.1, 0.15) is 123 Å². The minimum atomic E-state index is -3.09. The largest absolute Gasteiger partial charge is 0.870 e. The third-order valence-electron chi connectivity index (χ3n) is 6.18. The van der Waals surface area contributed by atoms with Crippen molar-refractivity contribution in [2.75, 3.05) is 45.8 Å². The molecule has 0 saturated carbocycles. The van der Waals surface area contributed by atoms with Crippen molar-refractivity contribution in [3.8, 4) is 0 Å². The Kier molecular flexibility index (Phi) is 26.2. The molecule has 0 aromatic carbocycles. The average molecular weight is 573 g/mol. The first-order valence-electron chi connectivity index (χ1n) is 14.5. The first-order chi connectivity index (χ1) is 17.1. The van der Waals surface area contributed by atoms with Crippen LogP contribution in [-0.4, -0.2) is 70.3 Å². The molecule has 0 aliphatic rings. The van der Waals surface area contributed by atoms with Crippen LogP contribution in [0.4, 0.5) is 0 Å². The third kappa shape index (κ3) is 30.3. The van der Waals surface area contributed by atoms with Gasteiger partial charge in [-0.3, -0.25) is 0 Å². The average Bonchev–Trinajstić information content (AvgIpc) is 2.79. The van der Waals surface area contributed by atoms with Gasteiger partial charge in [-0.25, -0.2) is 8.42 Å². The lowest BCUT2D eigenvalue weighted by molar-refractivity contribution is -0.874. The Morgan fingerprint density at radius 3 is 1.54 bits per heavy atom. The first kappa shape index (κ1) is 39.0. The molecule has 2 unspecified atom stereocenters. The van der Waals surface area contributed by atoms with E-state index in [9.17, 15) is 13.0 Å². The van der Waals surface area contributed by atoms with Crippen molar-refractivity contribution in [3.63, 3.8) is 0 Å². The molecule has 0 spiro atoms. The molecule has 1 N–H and O–H groups in total. The maximum absolute atomic E-state index is 12.2. The van der Waals surface area contributed by atoms with Gasteiger partial charge in [-0.15, -0.1) is 4.52 Å². The highest BCUT2D eigenvalue weighted by Crippen LogP contribution is 2.25. The zero-order chi connectivity index (χ0) is 27.1. The van der Waals surface area contributed by atoms with Gasteiger partial charge in [0.05, 0.1) is 37.3 Å². The van der Waals surface area contributed by atoms with Crippen molar-refractivity contribution in [1.82, 2.24) is 0 Å². The summed E-state index contributed by atoms with van der Waals surface area (Å²) in [5.41, 5.74) is 0. The Morgan fingerprint density at radius 1 is 0.703 bits per heavy atom. The van der Waals surface area contributed by atoms with E-state index in [4.69, 9.17) is 14.1 Å². The van der Waals surface area contributed by atoms with E-state index in [0.29, 0.717) is 17.4 Å². The summed E-state index contributed by atoms with van der Waals surface area (Å²) in [6, 6.07) is 0. The molecule has 0 rings (SSSR count). The molecule has 0 aromatic heterocycles. The van der Waals surface area contributed by atoms with Crippen molar-refractivity contribution in [2.24, 2.45) is 0 Å². The normalized spacial score (nSPS) is 13.4. The summed E-state index contributed by atoms with van der Waals surface area (Å²) in [5, 5.41) is 0. The summed E-state index contributed by atoms with van der Waals surface area (Å²) in [5.74, 6) is 0.271. The van der Waals surface area contributed by atoms with Crippen molar-refractivity contribution < 1.29 is 37.0 Å². The van der Waals surface area contributed by atoms with Crippen LogP contribution in [0, 0.1) is 0 Å². The van der Waals surface area contributed by atoms with Gasteiger partial charge >= 0.3 is 8.25 Å². The van der Waals surface area contributed by atoms with Crippen LogP contribution in [0.15, 0.2) is 0 Å². The molecule has 0 aliphatic heterocycles. The van der Waals surface area contributed by atoms with Gasteiger partial charge in [-0.1, -0.05) is 103 Å². The number of likely N-dealkylation sites (N-methyl/N-ethyl adjacent to an activating group) is 1. The summed E-state index contributed by atoms with van der Waals surface area (Å²) in [4.78, 5) is 5.08. The number of rotatable bonds is 27. The Morgan fingerprint density at radius 2 is 1.11 bits per heavy atom. The molecule has 0 saturated heterocycles. The second-order valence-electron chi connectivity index (χ2n) is 11.3. The van der Waals surface area contributed by atoms with E-state index in [1.165, 1.54) is 83.5 Å². The van der Waals surface area contributed by atoms with E-state index < -0.39 is 18.1 Å². The third-order valence-corrected chi connectivity index (χ3v) is 8.60. The lowest BCUT2D eigenvalue weighted by atomic mass is 10.0. The van der Waals surface area contributed by atoms with E-state index >= 15 is 0 Å². The highest BCUT2D eigenvalue weighted by atomic mass is 32.2. The Labute approximate surface area is 229 Å². The molecule has 0 bridgehead atoms. The maximum Gasteiger partial charge on any atom is 0.728 e. The van der Waals surface area contributed by atoms with E-state index in [0.717, 1.165) is 19.3 Å². The molecule has 224 valence electrons. The standard InChI is InChI=1S/C27H58NO6PS.H2O/c1-6-7-8-9-10-11-12-13-14-15-16-17-18-19-20-21-24-36(30,31)25-22-23-32-35(29)34-33-27(2)26-28(3,4)5;/h27H,6-26H2,1-5H3;1H2/q+2;/p-1. The SMILES string of the molecule is CCCCCCCCCCCCCCCCCCS(=O)(=O)CCCO[P+](=O)OOC(C)C[N+](C)(C)C.[OH-]. The van der Waals surface area contributed by atoms with Crippen LogP contribution in [0.2, 0.25) is 0 Å². The van der Waals surface area contributed by atoms with Gasteiger partial charge in [0.1, 0.15) is 29.1 Å². The minimum Gasteiger partial charge on any atom is -0.870 e. The number of sulfone groups is 1. The molecule has 0 fully saturated rings. The van der Waals surface area contributed by atoms with Crippen LogP contribution in [-0.2, 0) is 28.5 Å². The fraction of sp³-hybridized carbons (Fsp3) is 1.00. The molecule has 0 amide bonds. The molecule has 0 radical (unpaired) electrons. The summed E-state index contributed by atoms with van der Waals surface area (Å²) < 4.78 is 46.6.